The van der Waals surface area contributed by atoms with Crippen molar-refractivity contribution in [3.63, 3.8) is 0 Å². The van der Waals surface area contributed by atoms with Gasteiger partial charge < -0.3 is 4.74 Å². The van der Waals surface area contributed by atoms with E-state index in [2.05, 4.69) is 6.58 Å². The van der Waals surface area contributed by atoms with Crippen LogP contribution < -0.4 is 9.80 Å². The van der Waals surface area contributed by atoms with Gasteiger partial charge in [0.1, 0.15) is 0 Å². The van der Waals surface area contributed by atoms with Gasteiger partial charge in [0.05, 0.1) is 0 Å². The Bertz CT molecular complexity index is 671. The molecule has 0 unspecified atom stereocenters. The van der Waals surface area contributed by atoms with Crippen LogP contribution in [-0.2, 0) is 9.53 Å². The number of hydrogen-bond donors (Lipinski definition) is 0. The van der Waals surface area contributed by atoms with E-state index in [1.807, 2.05) is 48.5 Å². The summed E-state index contributed by atoms with van der Waals surface area (Å²) in [4.78, 5) is 27.0. The number of esters is 1. The quantitative estimate of drug-likeness (QED) is 0.483. The topological polar surface area (TPSA) is 49.9 Å². The normalized spacial score (nSPS) is 9.78. The zero-order chi connectivity index (χ0) is 16.7. The number of ether oxygens (including phenoxy) is 1. The summed E-state index contributed by atoms with van der Waals surface area (Å²) in [5.41, 5.74) is 1.38. The van der Waals surface area contributed by atoms with Gasteiger partial charge in [-0.1, -0.05) is 43.0 Å². The molecule has 0 atom stereocenters. The Morgan fingerprint density at radius 3 is 2.04 bits per heavy atom. The maximum absolute atomic E-state index is 12.8. The molecule has 0 radical (unpaired) electrons. The maximum atomic E-state index is 12.8. The molecule has 2 rings (SSSR count). The van der Waals surface area contributed by atoms with Gasteiger partial charge in [-0.3, -0.25) is 9.80 Å². The number of para-hydroxylation sites is 2. The standard InChI is InChI=1S/C18H18N2O3/c1-3-17(21)23-14-20(16-12-8-5-9-13-16)18(22)19(2)15-10-6-4-7-11-15/h3-13H,1,14H2,2H3. The second-order valence-corrected chi connectivity index (χ2v) is 4.74. The van der Waals surface area contributed by atoms with Gasteiger partial charge in [-0.2, -0.15) is 0 Å². The SMILES string of the molecule is C=CC(=O)OCN(C(=O)N(C)c1ccccc1)c1ccccc1. The van der Waals surface area contributed by atoms with Crippen molar-refractivity contribution in [2.45, 2.75) is 0 Å². The minimum Gasteiger partial charge on any atom is -0.441 e. The number of carbonyl (C=O) groups excluding carboxylic acids is 2. The lowest BCUT2D eigenvalue weighted by Crippen LogP contribution is -2.43. The molecule has 118 valence electrons. The van der Waals surface area contributed by atoms with Crippen LogP contribution in [0, 0.1) is 0 Å². The molecule has 0 aromatic heterocycles. The number of nitrogens with zero attached hydrogens (tertiary/aromatic N) is 2. The van der Waals surface area contributed by atoms with Crippen LogP contribution in [0.15, 0.2) is 73.3 Å². The molecule has 2 aromatic rings. The summed E-state index contributed by atoms with van der Waals surface area (Å²) >= 11 is 0. The van der Waals surface area contributed by atoms with Crippen LogP contribution >= 0.6 is 0 Å². The van der Waals surface area contributed by atoms with Crippen molar-refractivity contribution >= 4 is 23.4 Å². The molecule has 0 bridgehead atoms. The number of benzene rings is 2. The van der Waals surface area contributed by atoms with Gasteiger partial charge in [0.15, 0.2) is 6.73 Å². The maximum Gasteiger partial charge on any atom is 0.331 e. The minimum absolute atomic E-state index is 0.190. The molecule has 0 fully saturated rings. The first-order valence-corrected chi connectivity index (χ1v) is 7.08. The average molecular weight is 310 g/mol. The Balaban J connectivity index is 2.23. The van der Waals surface area contributed by atoms with Crippen molar-refractivity contribution < 1.29 is 14.3 Å². The first kappa shape index (κ1) is 16.3. The molecule has 2 aromatic carbocycles. The zero-order valence-corrected chi connectivity index (χ0v) is 12.9. The highest BCUT2D eigenvalue weighted by Crippen LogP contribution is 2.19. The number of amides is 2. The number of rotatable bonds is 5. The van der Waals surface area contributed by atoms with Crippen LogP contribution in [0.2, 0.25) is 0 Å². The molecule has 0 N–H and O–H groups in total. The van der Waals surface area contributed by atoms with Gasteiger partial charge in [-0.05, 0) is 24.3 Å². The molecule has 0 heterocycles. The summed E-state index contributed by atoms with van der Waals surface area (Å²) in [6.07, 6.45) is 1.06. The second-order valence-electron chi connectivity index (χ2n) is 4.74. The molecule has 5 nitrogen and oxygen atoms in total. The monoisotopic (exact) mass is 310 g/mol. The van der Waals surface area contributed by atoms with Crippen LogP contribution in [0.25, 0.3) is 0 Å². The molecule has 0 saturated heterocycles. The number of anilines is 2. The lowest BCUT2D eigenvalue weighted by molar-refractivity contribution is -0.137. The third-order valence-electron chi connectivity index (χ3n) is 3.23. The molecule has 0 aliphatic rings. The molecule has 0 spiro atoms. The molecule has 2 amide bonds. The second kappa shape index (κ2) is 7.79. The van der Waals surface area contributed by atoms with Crippen LogP contribution in [0.3, 0.4) is 0 Å². The van der Waals surface area contributed by atoms with E-state index in [9.17, 15) is 9.59 Å². The highest BCUT2D eigenvalue weighted by molar-refractivity contribution is 6.03. The molecular formula is C18H18N2O3. The van der Waals surface area contributed by atoms with E-state index in [1.54, 1.807) is 19.2 Å². The van der Waals surface area contributed by atoms with E-state index >= 15 is 0 Å². The van der Waals surface area contributed by atoms with E-state index in [0.29, 0.717) is 5.69 Å². The lowest BCUT2D eigenvalue weighted by Gasteiger charge is -2.27. The van der Waals surface area contributed by atoms with Gasteiger partial charge in [-0.25, -0.2) is 9.59 Å². The van der Waals surface area contributed by atoms with Gasteiger partial charge in [-0.15, -0.1) is 0 Å². The predicted octanol–water partition coefficient (Wildman–Crippen LogP) is 3.44. The van der Waals surface area contributed by atoms with Crippen molar-refractivity contribution in [2.75, 3.05) is 23.6 Å². The van der Waals surface area contributed by atoms with E-state index in [-0.39, 0.29) is 12.8 Å². The third kappa shape index (κ3) is 4.20. The van der Waals surface area contributed by atoms with E-state index in [1.165, 1.54) is 9.80 Å². The van der Waals surface area contributed by atoms with Crippen molar-refractivity contribution in [1.29, 1.82) is 0 Å². The van der Waals surface area contributed by atoms with Crippen molar-refractivity contribution in [3.8, 4) is 0 Å². The summed E-state index contributed by atoms with van der Waals surface area (Å²) in [6.45, 7) is 3.16. The molecule has 0 saturated carbocycles. The molecule has 23 heavy (non-hydrogen) atoms. The van der Waals surface area contributed by atoms with Gasteiger partial charge in [0.2, 0.25) is 0 Å². The van der Waals surface area contributed by atoms with Crippen molar-refractivity contribution in [3.05, 3.63) is 73.3 Å². The van der Waals surface area contributed by atoms with Crippen molar-refractivity contribution in [2.24, 2.45) is 0 Å². The molecule has 0 aliphatic heterocycles. The highest BCUT2D eigenvalue weighted by atomic mass is 16.5. The third-order valence-corrected chi connectivity index (χ3v) is 3.23. The first-order chi connectivity index (χ1) is 11.1. The summed E-state index contributed by atoms with van der Waals surface area (Å²) in [5.74, 6) is -0.582. The van der Waals surface area contributed by atoms with E-state index in [0.717, 1.165) is 11.8 Å². The average Bonchev–Trinajstić information content (AvgIpc) is 2.62. The number of carbonyl (C=O) groups is 2. The summed E-state index contributed by atoms with van der Waals surface area (Å²) in [5, 5.41) is 0. The van der Waals surface area contributed by atoms with Crippen LogP contribution in [0.5, 0.6) is 0 Å². The van der Waals surface area contributed by atoms with Gasteiger partial charge in [0.25, 0.3) is 0 Å². The highest BCUT2D eigenvalue weighted by Gasteiger charge is 2.21. The lowest BCUT2D eigenvalue weighted by atomic mass is 10.3. The van der Waals surface area contributed by atoms with Crippen molar-refractivity contribution in [1.82, 2.24) is 0 Å². The van der Waals surface area contributed by atoms with E-state index in [4.69, 9.17) is 4.74 Å². The fourth-order valence-electron chi connectivity index (χ4n) is 1.98. The molecule has 5 heteroatoms. The van der Waals surface area contributed by atoms with Crippen LogP contribution in [0.1, 0.15) is 0 Å². The smallest absolute Gasteiger partial charge is 0.331 e. The first-order valence-electron chi connectivity index (χ1n) is 7.08. The largest absolute Gasteiger partial charge is 0.441 e. The Kier molecular flexibility index (Phi) is 5.52. The fraction of sp³-hybridized carbons (Fsp3) is 0.111. The Hall–Kier alpha value is -3.08. The molecular weight excluding hydrogens is 292 g/mol. The Morgan fingerprint density at radius 2 is 1.52 bits per heavy atom. The number of urea groups is 1. The van der Waals surface area contributed by atoms with E-state index < -0.39 is 5.97 Å². The summed E-state index contributed by atoms with van der Waals surface area (Å²) < 4.78 is 5.04. The minimum atomic E-state index is -0.582. The molecule has 0 aliphatic carbocycles. The predicted molar refractivity (Wildman–Crippen MR) is 90.3 cm³/mol. The van der Waals surface area contributed by atoms with Crippen LogP contribution in [-0.4, -0.2) is 25.8 Å². The number of hydrogen-bond acceptors (Lipinski definition) is 3. The zero-order valence-electron chi connectivity index (χ0n) is 12.9. The Morgan fingerprint density at radius 1 is 1.00 bits per heavy atom. The van der Waals surface area contributed by atoms with Gasteiger partial charge >= 0.3 is 12.0 Å². The fourth-order valence-corrected chi connectivity index (χ4v) is 1.98. The summed E-state index contributed by atoms with van der Waals surface area (Å²) in [7, 11) is 1.67. The Labute approximate surface area is 135 Å². The summed E-state index contributed by atoms with van der Waals surface area (Å²) in [6, 6.07) is 18.0. The van der Waals surface area contributed by atoms with Crippen LogP contribution in [0.4, 0.5) is 16.2 Å². The van der Waals surface area contributed by atoms with Gasteiger partial charge in [0, 0.05) is 24.5 Å².